The predicted octanol–water partition coefficient (Wildman–Crippen LogP) is 1.27. The third kappa shape index (κ3) is 3.06. The van der Waals surface area contributed by atoms with E-state index in [4.69, 9.17) is 28.1 Å². The zero-order valence-corrected chi connectivity index (χ0v) is 15.5. The van der Waals surface area contributed by atoms with Gasteiger partial charge in [-0.05, 0) is 44.4 Å². The molecule has 8 atom stereocenters. The molecule has 4 aliphatic heterocycles. The normalized spacial score (nSPS) is 50.5. The topological polar surface area (TPSA) is 103 Å². The minimum Gasteiger partial charge on any atom is -0.550 e. The van der Waals surface area contributed by atoms with Gasteiger partial charge >= 0.3 is 5.97 Å². The van der Waals surface area contributed by atoms with Crippen molar-refractivity contribution >= 4 is 11.9 Å². The van der Waals surface area contributed by atoms with Crippen LogP contribution in [0.3, 0.4) is 0 Å². The molecule has 5 aliphatic rings. The second kappa shape index (κ2) is 6.69. The van der Waals surface area contributed by atoms with E-state index in [1.165, 1.54) is 0 Å². The van der Waals surface area contributed by atoms with Gasteiger partial charge in [-0.3, -0.25) is 4.79 Å². The molecule has 4 saturated heterocycles. The van der Waals surface area contributed by atoms with Crippen LogP contribution in [0.25, 0.3) is 0 Å². The molecule has 0 N–H and O–H groups in total. The number of hydrogen-bond donors (Lipinski definition) is 0. The van der Waals surface area contributed by atoms with E-state index in [1.807, 2.05) is 0 Å². The first-order chi connectivity index (χ1) is 14.0. The van der Waals surface area contributed by atoms with Gasteiger partial charge in [0.15, 0.2) is 11.9 Å². The van der Waals surface area contributed by atoms with Crippen molar-refractivity contribution in [2.75, 3.05) is 0 Å². The van der Waals surface area contributed by atoms with Crippen LogP contribution in [0, 0.1) is 23.7 Å². The number of carbonyl (C=O) groups excluding carboxylic acids is 2. The molecular weight excluding hydrogens is 356 g/mol. The molecule has 0 aromatic rings. The minimum atomic E-state index is -2.51. The number of rotatable bonds is 4. The number of esters is 1. The van der Waals surface area contributed by atoms with E-state index >= 15 is 0 Å². The van der Waals surface area contributed by atoms with Gasteiger partial charge in [0.05, 0.1) is 6.42 Å². The molecule has 5 fully saturated rings. The highest BCUT2D eigenvalue weighted by atomic mass is 17.3. The number of ether oxygens (including phenoxy) is 3. The van der Waals surface area contributed by atoms with Crippen molar-refractivity contribution in [3.8, 4) is 0 Å². The van der Waals surface area contributed by atoms with Crippen molar-refractivity contribution < 1.29 is 42.8 Å². The summed E-state index contributed by atoms with van der Waals surface area (Å²) in [5, 5.41) is 10.6. The highest BCUT2D eigenvalue weighted by Gasteiger charge is 2.69. The quantitative estimate of drug-likeness (QED) is 0.526. The lowest BCUT2D eigenvalue weighted by Gasteiger charge is -2.59. The first kappa shape index (κ1) is 15.7. The Kier molecular flexibility index (Phi) is 3.88. The molecular formula is C19H27O8-. The summed E-state index contributed by atoms with van der Waals surface area (Å²) in [5.41, 5.74) is -1.11. The summed E-state index contributed by atoms with van der Waals surface area (Å²) < 4.78 is 41.8. The standard InChI is InChI=1S/C19H28O8/c1-10-4-5-13-11(2)16(23-15(22)7-6-14(20)21)24-17-19(13)12(10)8-9-18(3,25-17)26-27-19/h10-13,16-17H,4-9H2,1-3H3,(H,20,21)/p-1/t10-,11-,12+,13+,16-,17-,18-,19-/m1/s1/i2D3. The number of carboxylic acids is 1. The molecule has 4 heterocycles. The van der Waals surface area contributed by atoms with Crippen LogP contribution in [0.1, 0.15) is 63.3 Å². The van der Waals surface area contributed by atoms with E-state index in [-0.39, 0.29) is 11.8 Å². The summed E-state index contributed by atoms with van der Waals surface area (Å²) in [4.78, 5) is 34.4. The van der Waals surface area contributed by atoms with Gasteiger partial charge in [-0.2, -0.15) is 0 Å². The Morgan fingerprint density at radius 2 is 2.04 bits per heavy atom. The Hall–Kier alpha value is -1.22. The number of fused-ring (bicyclic) bond motifs is 2. The van der Waals surface area contributed by atoms with Crippen molar-refractivity contribution in [1.82, 2.24) is 0 Å². The van der Waals surface area contributed by atoms with Crippen molar-refractivity contribution in [2.45, 2.75) is 83.2 Å². The molecule has 1 saturated carbocycles. The number of carbonyl (C=O) groups is 2. The molecule has 0 amide bonds. The highest BCUT2D eigenvalue weighted by molar-refractivity contribution is 5.75. The van der Waals surface area contributed by atoms with Gasteiger partial charge in [-0.15, -0.1) is 0 Å². The largest absolute Gasteiger partial charge is 0.550 e. The van der Waals surface area contributed by atoms with Gasteiger partial charge < -0.3 is 24.1 Å². The van der Waals surface area contributed by atoms with E-state index in [2.05, 4.69) is 6.92 Å². The second-order valence-electron chi connectivity index (χ2n) is 8.30. The fraction of sp³-hybridized carbons (Fsp3) is 0.895. The SMILES string of the molecule is [2H]C([2H])([2H])[C@H]1[C@H](OC(=O)CCC(=O)[O-])O[C@@H]2O[C@@]3(C)CC[C@H]4[C@H](C)CC[C@@H]1[C@@]24OO3. The van der Waals surface area contributed by atoms with Crippen LogP contribution in [0.15, 0.2) is 0 Å². The fourth-order valence-corrected chi connectivity index (χ4v) is 5.11. The molecule has 0 aromatic heterocycles. The van der Waals surface area contributed by atoms with Crippen molar-refractivity contribution in [3.05, 3.63) is 0 Å². The molecule has 0 unspecified atom stereocenters. The highest BCUT2D eigenvalue weighted by Crippen LogP contribution is 2.60. The van der Waals surface area contributed by atoms with Crippen LogP contribution < -0.4 is 5.11 Å². The molecule has 1 spiro atoms. The molecule has 152 valence electrons. The van der Waals surface area contributed by atoms with Gasteiger partial charge in [-0.1, -0.05) is 13.8 Å². The van der Waals surface area contributed by atoms with E-state index in [1.54, 1.807) is 6.92 Å². The van der Waals surface area contributed by atoms with Crippen molar-refractivity contribution in [1.29, 1.82) is 0 Å². The molecule has 2 bridgehead atoms. The van der Waals surface area contributed by atoms with E-state index in [9.17, 15) is 14.7 Å². The van der Waals surface area contributed by atoms with Crippen molar-refractivity contribution in [2.24, 2.45) is 23.7 Å². The summed E-state index contributed by atoms with van der Waals surface area (Å²) in [7, 11) is 0. The van der Waals surface area contributed by atoms with Gasteiger partial charge in [0.25, 0.3) is 0 Å². The molecule has 0 aromatic carbocycles. The molecule has 5 rings (SSSR count). The lowest BCUT2D eigenvalue weighted by molar-refractivity contribution is -0.576. The zero-order chi connectivity index (χ0) is 21.9. The summed E-state index contributed by atoms with van der Waals surface area (Å²) in [6, 6.07) is 0. The molecule has 8 nitrogen and oxygen atoms in total. The lowest BCUT2D eigenvalue weighted by atomic mass is 9.58. The predicted molar refractivity (Wildman–Crippen MR) is 87.2 cm³/mol. The maximum atomic E-state index is 12.2. The molecule has 0 radical (unpaired) electrons. The van der Waals surface area contributed by atoms with Crippen LogP contribution in [0.2, 0.25) is 0 Å². The summed E-state index contributed by atoms with van der Waals surface area (Å²) >= 11 is 0. The van der Waals surface area contributed by atoms with Gasteiger partial charge in [0.2, 0.25) is 12.1 Å². The van der Waals surface area contributed by atoms with Crippen LogP contribution in [-0.4, -0.2) is 35.9 Å². The third-order valence-corrected chi connectivity index (χ3v) is 6.54. The molecule has 1 aliphatic carbocycles. The number of aliphatic carboxylic acids is 1. The Balaban J connectivity index is 1.69. The average Bonchev–Trinajstić information content (AvgIpc) is 2.86. The lowest BCUT2D eigenvalue weighted by Crippen LogP contribution is -2.70. The first-order valence-electron chi connectivity index (χ1n) is 11.1. The monoisotopic (exact) mass is 386 g/mol. The second-order valence-corrected chi connectivity index (χ2v) is 8.30. The number of hydrogen-bond acceptors (Lipinski definition) is 8. The summed E-state index contributed by atoms with van der Waals surface area (Å²) in [5.74, 6) is -4.80. The van der Waals surface area contributed by atoms with Crippen LogP contribution >= 0.6 is 0 Å². The minimum absolute atomic E-state index is 0.0369. The fourth-order valence-electron chi connectivity index (χ4n) is 5.11. The summed E-state index contributed by atoms with van der Waals surface area (Å²) in [6.07, 6.45) is -0.719. The van der Waals surface area contributed by atoms with Gasteiger partial charge in [0.1, 0.15) is 0 Å². The first-order valence-corrected chi connectivity index (χ1v) is 9.56. The third-order valence-electron chi connectivity index (χ3n) is 6.54. The Labute approximate surface area is 162 Å². The molecule has 27 heavy (non-hydrogen) atoms. The maximum absolute atomic E-state index is 12.2. The zero-order valence-electron chi connectivity index (χ0n) is 18.5. The number of carboxylic acid groups (broad SMARTS) is 1. The van der Waals surface area contributed by atoms with Crippen LogP contribution in [0.4, 0.5) is 0 Å². The van der Waals surface area contributed by atoms with Crippen LogP contribution in [0.5, 0.6) is 0 Å². The molecule has 8 heteroatoms. The van der Waals surface area contributed by atoms with Gasteiger partial charge in [0, 0.05) is 28.3 Å². The van der Waals surface area contributed by atoms with Crippen LogP contribution in [-0.2, 0) is 33.6 Å². The smallest absolute Gasteiger partial charge is 0.308 e. The van der Waals surface area contributed by atoms with Crippen molar-refractivity contribution in [3.63, 3.8) is 0 Å². The summed E-state index contributed by atoms with van der Waals surface area (Å²) in [6.45, 7) is 1.33. The van der Waals surface area contributed by atoms with E-state index in [0.717, 1.165) is 12.8 Å². The Bertz CT molecular complexity index is 714. The Morgan fingerprint density at radius 1 is 1.22 bits per heavy atom. The Morgan fingerprint density at radius 3 is 2.78 bits per heavy atom. The average molecular weight is 386 g/mol. The van der Waals surface area contributed by atoms with E-state index < -0.39 is 67.4 Å². The van der Waals surface area contributed by atoms with E-state index in [0.29, 0.717) is 12.8 Å². The van der Waals surface area contributed by atoms with Gasteiger partial charge in [-0.25, -0.2) is 9.78 Å². The maximum Gasteiger partial charge on any atom is 0.308 e.